The molecule has 0 saturated carbocycles. The van der Waals surface area contributed by atoms with Crippen LogP contribution in [0.3, 0.4) is 0 Å². The second-order valence-corrected chi connectivity index (χ2v) is 4.42. The highest BCUT2D eigenvalue weighted by atomic mass is 79.9. The van der Waals surface area contributed by atoms with Gasteiger partial charge in [-0.2, -0.15) is 4.98 Å². The van der Waals surface area contributed by atoms with Crippen LogP contribution in [-0.4, -0.2) is 30.4 Å². The van der Waals surface area contributed by atoms with Crippen LogP contribution in [-0.2, 0) is 4.74 Å². The average Bonchev–Trinajstić information content (AvgIpc) is 2.77. The van der Waals surface area contributed by atoms with Gasteiger partial charge in [-0.3, -0.25) is 0 Å². The molecule has 0 atom stereocenters. The van der Waals surface area contributed by atoms with Crippen molar-refractivity contribution in [3.8, 4) is 11.4 Å². The van der Waals surface area contributed by atoms with Crippen LogP contribution in [0.25, 0.3) is 11.4 Å². The third-order valence-corrected chi connectivity index (χ3v) is 2.59. The van der Waals surface area contributed by atoms with Gasteiger partial charge in [-0.05, 0) is 18.2 Å². The summed E-state index contributed by atoms with van der Waals surface area (Å²) in [5, 5.41) is 6.66. The Morgan fingerprint density at radius 1 is 1.44 bits per heavy atom. The molecule has 2 aromatic rings. The SMILES string of the molecule is COCCNc1nc(-c2cc(F)cc(Br)c2)no1. The van der Waals surface area contributed by atoms with Crippen molar-refractivity contribution in [1.82, 2.24) is 10.1 Å². The first-order chi connectivity index (χ1) is 8.69. The van der Waals surface area contributed by atoms with E-state index in [9.17, 15) is 4.39 Å². The fraction of sp³-hybridized carbons (Fsp3) is 0.273. The topological polar surface area (TPSA) is 60.2 Å². The molecular weight excluding hydrogens is 305 g/mol. The highest BCUT2D eigenvalue weighted by molar-refractivity contribution is 9.10. The number of nitrogens with zero attached hydrogens (tertiary/aromatic N) is 2. The fourth-order valence-electron chi connectivity index (χ4n) is 1.36. The van der Waals surface area contributed by atoms with Gasteiger partial charge >= 0.3 is 6.01 Å². The third kappa shape index (κ3) is 3.27. The molecule has 0 bridgehead atoms. The highest BCUT2D eigenvalue weighted by Gasteiger charge is 2.09. The van der Waals surface area contributed by atoms with E-state index in [-0.39, 0.29) is 11.8 Å². The second kappa shape index (κ2) is 5.92. The van der Waals surface area contributed by atoms with Gasteiger partial charge in [-0.15, -0.1) is 0 Å². The lowest BCUT2D eigenvalue weighted by Crippen LogP contribution is -2.07. The fourth-order valence-corrected chi connectivity index (χ4v) is 1.82. The molecule has 5 nitrogen and oxygen atoms in total. The Hall–Kier alpha value is -1.47. The normalized spacial score (nSPS) is 10.6. The van der Waals surface area contributed by atoms with Gasteiger partial charge in [0.15, 0.2) is 0 Å². The maximum absolute atomic E-state index is 13.2. The monoisotopic (exact) mass is 315 g/mol. The number of aromatic nitrogens is 2. The molecule has 7 heteroatoms. The number of halogens is 2. The molecule has 1 aromatic heterocycles. The quantitative estimate of drug-likeness (QED) is 0.860. The van der Waals surface area contributed by atoms with E-state index in [0.29, 0.717) is 29.0 Å². The van der Waals surface area contributed by atoms with Gasteiger partial charge in [0.25, 0.3) is 0 Å². The van der Waals surface area contributed by atoms with Crippen LogP contribution < -0.4 is 5.32 Å². The minimum absolute atomic E-state index is 0.280. The van der Waals surface area contributed by atoms with Gasteiger partial charge < -0.3 is 14.6 Å². The zero-order valence-corrected chi connectivity index (χ0v) is 11.2. The molecule has 0 fully saturated rings. The molecule has 1 aromatic carbocycles. The maximum Gasteiger partial charge on any atom is 0.321 e. The van der Waals surface area contributed by atoms with Crippen LogP contribution in [0, 0.1) is 5.82 Å². The van der Waals surface area contributed by atoms with Crippen LogP contribution in [0.15, 0.2) is 27.2 Å². The van der Waals surface area contributed by atoms with Gasteiger partial charge in [-0.1, -0.05) is 21.1 Å². The molecule has 96 valence electrons. The molecule has 2 rings (SSSR count). The molecule has 0 spiro atoms. The summed E-state index contributed by atoms with van der Waals surface area (Å²) >= 11 is 3.21. The van der Waals surface area contributed by atoms with E-state index in [0.717, 1.165) is 0 Å². The van der Waals surface area contributed by atoms with Gasteiger partial charge in [0.05, 0.1) is 6.61 Å². The Bertz CT molecular complexity index is 513. The van der Waals surface area contributed by atoms with Crippen LogP contribution in [0.5, 0.6) is 0 Å². The van der Waals surface area contributed by atoms with E-state index in [2.05, 4.69) is 31.4 Å². The Morgan fingerprint density at radius 3 is 3.00 bits per heavy atom. The number of anilines is 1. The molecule has 18 heavy (non-hydrogen) atoms. The van der Waals surface area contributed by atoms with E-state index in [1.165, 1.54) is 12.1 Å². The highest BCUT2D eigenvalue weighted by Crippen LogP contribution is 2.23. The standard InChI is InChI=1S/C11H11BrFN3O2/c1-17-3-2-14-11-15-10(16-18-11)7-4-8(12)6-9(13)5-7/h4-6H,2-3H2,1H3,(H,14,15,16). The Morgan fingerprint density at radius 2 is 2.28 bits per heavy atom. The molecule has 0 aliphatic rings. The van der Waals surface area contributed by atoms with Crippen LogP contribution in [0.2, 0.25) is 0 Å². The maximum atomic E-state index is 13.2. The van der Waals surface area contributed by atoms with E-state index < -0.39 is 0 Å². The van der Waals surface area contributed by atoms with Gasteiger partial charge in [0.2, 0.25) is 5.82 Å². The summed E-state index contributed by atoms with van der Waals surface area (Å²) in [6.07, 6.45) is 0. The molecule has 1 N–H and O–H groups in total. The number of hydrogen-bond donors (Lipinski definition) is 1. The van der Waals surface area contributed by atoms with Gasteiger partial charge in [-0.25, -0.2) is 4.39 Å². The number of ether oxygens (including phenoxy) is 1. The van der Waals surface area contributed by atoms with Crippen LogP contribution in [0.4, 0.5) is 10.4 Å². The van der Waals surface area contributed by atoms with E-state index >= 15 is 0 Å². The largest absolute Gasteiger partial charge is 0.383 e. The minimum atomic E-state index is -0.363. The Labute approximate surface area is 111 Å². The lowest BCUT2D eigenvalue weighted by atomic mass is 10.2. The second-order valence-electron chi connectivity index (χ2n) is 3.50. The summed E-state index contributed by atoms with van der Waals surface area (Å²) in [5.41, 5.74) is 0.547. The number of benzene rings is 1. The lowest BCUT2D eigenvalue weighted by molar-refractivity contribution is 0.210. The predicted molar refractivity (Wildman–Crippen MR) is 67.8 cm³/mol. The summed E-state index contributed by atoms with van der Waals surface area (Å²) in [7, 11) is 1.60. The lowest BCUT2D eigenvalue weighted by Gasteiger charge is -1.98. The Kier molecular flexibility index (Phi) is 4.27. The van der Waals surface area contributed by atoms with Crippen molar-refractivity contribution in [2.24, 2.45) is 0 Å². The zero-order chi connectivity index (χ0) is 13.0. The number of methoxy groups -OCH3 is 1. The van der Waals surface area contributed by atoms with Crippen molar-refractivity contribution in [1.29, 1.82) is 0 Å². The van der Waals surface area contributed by atoms with E-state index in [1.54, 1.807) is 13.2 Å². The third-order valence-electron chi connectivity index (χ3n) is 2.13. The molecule has 1 heterocycles. The van der Waals surface area contributed by atoms with Crippen molar-refractivity contribution in [3.63, 3.8) is 0 Å². The summed E-state index contributed by atoms with van der Waals surface area (Å²) in [6.45, 7) is 1.09. The molecular formula is C11H11BrFN3O2. The molecule has 0 unspecified atom stereocenters. The predicted octanol–water partition coefficient (Wildman–Crippen LogP) is 2.70. The smallest absolute Gasteiger partial charge is 0.321 e. The summed E-state index contributed by atoms with van der Waals surface area (Å²) in [5.74, 6) is -0.0341. The first kappa shape index (κ1) is 13.0. The number of hydrogen-bond acceptors (Lipinski definition) is 5. The van der Waals surface area contributed by atoms with Crippen molar-refractivity contribution >= 4 is 21.9 Å². The van der Waals surface area contributed by atoms with E-state index in [1.807, 2.05) is 0 Å². The van der Waals surface area contributed by atoms with Crippen molar-refractivity contribution in [2.45, 2.75) is 0 Å². The average molecular weight is 316 g/mol. The number of nitrogens with one attached hydrogen (secondary N) is 1. The first-order valence-electron chi connectivity index (χ1n) is 5.22. The summed E-state index contributed by atoms with van der Waals surface area (Å²) in [6, 6.07) is 4.70. The molecule has 0 amide bonds. The molecule has 0 radical (unpaired) electrons. The Balaban J connectivity index is 2.13. The molecule has 0 saturated heterocycles. The summed E-state index contributed by atoms with van der Waals surface area (Å²) in [4.78, 5) is 4.10. The van der Waals surface area contributed by atoms with Gasteiger partial charge in [0, 0.05) is 23.7 Å². The van der Waals surface area contributed by atoms with Gasteiger partial charge in [0.1, 0.15) is 5.82 Å². The van der Waals surface area contributed by atoms with Crippen LogP contribution in [0.1, 0.15) is 0 Å². The first-order valence-corrected chi connectivity index (χ1v) is 6.01. The molecule has 0 aliphatic carbocycles. The van der Waals surface area contributed by atoms with Crippen molar-refractivity contribution in [3.05, 3.63) is 28.5 Å². The van der Waals surface area contributed by atoms with Crippen molar-refractivity contribution < 1.29 is 13.7 Å². The van der Waals surface area contributed by atoms with Crippen LogP contribution >= 0.6 is 15.9 Å². The summed E-state index contributed by atoms with van der Waals surface area (Å²) < 4.78 is 23.7. The minimum Gasteiger partial charge on any atom is -0.383 e. The molecule has 0 aliphatic heterocycles. The van der Waals surface area contributed by atoms with E-state index in [4.69, 9.17) is 9.26 Å². The zero-order valence-electron chi connectivity index (χ0n) is 9.61. The number of rotatable bonds is 5. The van der Waals surface area contributed by atoms with Crippen molar-refractivity contribution in [2.75, 3.05) is 25.6 Å².